The number of hydrogen-bond donors (Lipinski definition) is 2. The molecule has 2 nitrogen and oxygen atoms in total. The smallest absolute Gasteiger partial charge is 0.0652 e. The zero-order valence-electron chi connectivity index (χ0n) is 11.2. The third-order valence-electron chi connectivity index (χ3n) is 3.40. The maximum atomic E-state index is 9.74. The summed E-state index contributed by atoms with van der Waals surface area (Å²) in [5.74, 6) is 0. The van der Waals surface area contributed by atoms with Crippen molar-refractivity contribution < 1.29 is 5.11 Å². The average Bonchev–Trinajstić information content (AvgIpc) is 2.49. The van der Waals surface area contributed by atoms with Crippen LogP contribution in [-0.2, 0) is 12.1 Å². The second-order valence-electron chi connectivity index (χ2n) is 4.95. The van der Waals surface area contributed by atoms with E-state index >= 15 is 0 Å². The second-order valence-corrected chi connectivity index (χ2v) is 6.24. The molecule has 2 N–H and O–H groups in total. The van der Waals surface area contributed by atoms with Gasteiger partial charge in [0.2, 0.25) is 0 Å². The predicted molar refractivity (Wildman–Crippen MR) is 86.9 cm³/mol. The highest BCUT2D eigenvalue weighted by atomic mass is 79.9. The van der Waals surface area contributed by atoms with Gasteiger partial charge in [0.05, 0.1) is 12.1 Å². The van der Waals surface area contributed by atoms with Crippen LogP contribution in [0.1, 0.15) is 18.1 Å². The van der Waals surface area contributed by atoms with E-state index < -0.39 is 5.54 Å². The lowest BCUT2D eigenvalue weighted by Gasteiger charge is -2.30. The number of aliphatic hydroxyl groups excluding tert-OH is 1. The first-order valence-corrected chi connectivity index (χ1v) is 7.57. The van der Waals surface area contributed by atoms with Crippen molar-refractivity contribution >= 4 is 27.5 Å². The lowest BCUT2D eigenvalue weighted by atomic mass is 9.92. The fraction of sp³-hybridized carbons (Fsp3) is 0.250. The van der Waals surface area contributed by atoms with E-state index in [9.17, 15) is 5.11 Å². The van der Waals surface area contributed by atoms with Gasteiger partial charge in [0.15, 0.2) is 0 Å². The quantitative estimate of drug-likeness (QED) is 0.847. The van der Waals surface area contributed by atoms with Gasteiger partial charge in [-0.2, -0.15) is 0 Å². The Kier molecular flexibility index (Phi) is 5.22. The molecule has 0 spiro atoms. The molecule has 4 heteroatoms. The van der Waals surface area contributed by atoms with E-state index in [1.807, 2.05) is 55.5 Å². The molecule has 1 unspecified atom stereocenters. The molecular formula is C16H17BrClNO. The number of aliphatic hydroxyl groups is 1. The lowest BCUT2D eigenvalue weighted by Crippen LogP contribution is -2.42. The molecule has 0 amide bonds. The third kappa shape index (κ3) is 3.61. The van der Waals surface area contributed by atoms with Gasteiger partial charge in [0.1, 0.15) is 0 Å². The summed E-state index contributed by atoms with van der Waals surface area (Å²) in [5.41, 5.74) is 1.64. The highest BCUT2D eigenvalue weighted by Gasteiger charge is 2.24. The number of hydrogen-bond acceptors (Lipinski definition) is 2. The number of rotatable bonds is 5. The molecule has 1 atom stereocenters. The van der Waals surface area contributed by atoms with Gasteiger partial charge in [-0.1, -0.05) is 57.9 Å². The molecule has 0 bridgehead atoms. The lowest BCUT2D eigenvalue weighted by molar-refractivity contribution is 0.173. The van der Waals surface area contributed by atoms with Crippen LogP contribution in [0.25, 0.3) is 0 Å². The van der Waals surface area contributed by atoms with Crippen molar-refractivity contribution in [2.24, 2.45) is 0 Å². The second kappa shape index (κ2) is 6.72. The summed E-state index contributed by atoms with van der Waals surface area (Å²) < 4.78 is 1.00. The van der Waals surface area contributed by atoms with Gasteiger partial charge in [0, 0.05) is 16.0 Å². The first kappa shape index (κ1) is 15.5. The molecule has 2 aromatic rings. The highest BCUT2D eigenvalue weighted by Crippen LogP contribution is 2.24. The molecule has 0 heterocycles. The standard InChI is InChI=1S/C16H17BrClNO/c1-16(11-20,13-5-3-2-4-6-13)19-10-12-9-14(18)7-8-15(12)17/h2-9,19-20H,10-11H2,1H3. The normalized spacial score (nSPS) is 14.0. The monoisotopic (exact) mass is 353 g/mol. The van der Waals surface area contributed by atoms with Crippen molar-refractivity contribution in [1.29, 1.82) is 0 Å². The SMILES string of the molecule is CC(CO)(NCc1cc(Cl)ccc1Br)c1ccccc1. The van der Waals surface area contributed by atoms with Gasteiger partial charge in [-0.15, -0.1) is 0 Å². The molecule has 0 fully saturated rings. The van der Waals surface area contributed by atoms with E-state index in [1.54, 1.807) is 0 Å². The minimum absolute atomic E-state index is 0.0230. The molecule has 0 saturated heterocycles. The Hall–Kier alpha value is -0.870. The van der Waals surface area contributed by atoms with E-state index in [1.165, 1.54) is 0 Å². The van der Waals surface area contributed by atoms with E-state index in [0.717, 1.165) is 15.6 Å². The molecule has 106 valence electrons. The fourth-order valence-electron chi connectivity index (χ4n) is 2.02. The molecular weight excluding hydrogens is 338 g/mol. The summed E-state index contributed by atoms with van der Waals surface area (Å²) in [7, 11) is 0. The maximum absolute atomic E-state index is 9.74. The molecule has 0 aromatic heterocycles. The topological polar surface area (TPSA) is 32.3 Å². The zero-order chi connectivity index (χ0) is 14.6. The largest absolute Gasteiger partial charge is 0.394 e. The molecule has 0 aliphatic carbocycles. The minimum Gasteiger partial charge on any atom is -0.394 e. The van der Waals surface area contributed by atoms with Crippen LogP contribution in [0.5, 0.6) is 0 Å². The maximum Gasteiger partial charge on any atom is 0.0652 e. The minimum atomic E-state index is -0.483. The Morgan fingerprint density at radius 1 is 1.20 bits per heavy atom. The number of halogens is 2. The summed E-state index contributed by atoms with van der Waals surface area (Å²) in [6.07, 6.45) is 0. The van der Waals surface area contributed by atoms with Gasteiger partial charge in [-0.3, -0.25) is 0 Å². The van der Waals surface area contributed by atoms with Gasteiger partial charge in [-0.25, -0.2) is 0 Å². The first-order valence-electron chi connectivity index (χ1n) is 6.40. The molecule has 0 saturated carbocycles. The van der Waals surface area contributed by atoms with Crippen LogP contribution in [0.3, 0.4) is 0 Å². The van der Waals surface area contributed by atoms with Crippen LogP contribution < -0.4 is 5.32 Å². The van der Waals surface area contributed by atoms with Crippen molar-refractivity contribution in [3.8, 4) is 0 Å². The van der Waals surface area contributed by atoms with E-state index in [2.05, 4.69) is 21.2 Å². The van der Waals surface area contributed by atoms with Gasteiger partial charge < -0.3 is 10.4 Å². The summed E-state index contributed by atoms with van der Waals surface area (Å²) in [6, 6.07) is 15.6. The molecule has 0 aliphatic heterocycles. The molecule has 0 radical (unpaired) electrons. The summed E-state index contributed by atoms with van der Waals surface area (Å²) >= 11 is 9.53. The number of nitrogens with one attached hydrogen (secondary N) is 1. The molecule has 20 heavy (non-hydrogen) atoms. The third-order valence-corrected chi connectivity index (χ3v) is 4.41. The summed E-state index contributed by atoms with van der Waals surface area (Å²) in [4.78, 5) is 0. The van der Waals surface area contributed by atoms with Crippen LogP contribution in [0.15, 0.2) is 53.0 Å². The summed E-state index contributed by atoms with van der Waals surface area (Å²) in [6.45, 7) is 2.63. The van der Waals surface area contributed by atoms with E-state index in [4.69, 9.17) is 11.6 Å². The molecule has 2 rings (SSSR count). The van der Waals surface area contributed by atoms with Crippen molar-refractivity contribution in [3.05, 3.63) is 69.2 Å². The van der Waals surface area contributed by atoms with E-state index in [-0.39, 0.29) is 6.61 Å². The van der Waals surface area contributed by atoms with Crippen LogP contribution in [0.4, 0.5) is 0 Å². The average molecular weight is 355 g/mol. The van der Waals surface area contributed by atoms with Crippen LogP contribution in [0, 0.1) is 0 Å². The van der Waals surface area contributed by atoms with Gasteiger partial charge in [-0.05, 0) is 36.2 Å². The van der Waals surface area contributed by atoms with Gasteiger partial charge >= 0.3 is 0 Å². The number of benzene rings is 2. The summed E-state index contributed by atoms with van der Waals surface area (Å²) in [5, 5.41) is 13.9. The Morgan fingerprint density at radius 3 is 2.55 bits per heavy atom. The highest BCUT2D eigenvalue weighted by molar-refractivity contribution is 9.10. The van der Waals surface area contributed by atoms with E-state index in [0.29, 0.717) is 11.6 Å². The molecule has 2 aromatic carbocycles. The predicted octanol–water partition coefficient (Wildman–Crippen LogP) is 4.10. The van der Waals surface area contributed by atoms with Crippen molar-refractivity contribution in [2.45, 2.75) is 19.0 Å². The van der Waals surface area contributed by atoms with Crippen molar-refractivity contribution in [1.82, 2.24) is 5.32 Å². The van der Waals surface area contributed by atoms with Crippen LogP contribution in [0.2, 0.25) is 5.02 Å². The van der Waals surface area contributed by atoms with Crippen LogP contribution in [-0.4, -0.2) is 11.7 Å². The first-order chi connectivity index (χ1) is 9.55. The Morgan fingerprint density at radius 2 is 1.90 bits per heavy atom. The Balaban J connectivity index is 2.17. The van der Waals surface area contributed by atoms with Crippen molar-refractivity contribution in [3.63, 3.8) is 0 Å². The Labute approximate surface area is 132 Å². The molecule has 0 aliphatic rings. The van der Waals surface area contributed by atoms with Gasteiger partial charge in [0.25, 0.3) is 0 Å². The fourth-order valence-corrected chi connectivity index (χ4v) is 2.61. The van der Waals surface area contributed by atoms with Crippen molar-refractivity contribution in [2.75, 3.05) is 6.61 Å². The van der Waals surface area contributed by atoms with Crippen LogP contribution >= 0.6 is 27.5 Å². The zero-order valence-corrected chi connectivity index (χ0v) is 13.6. The Bertz CT molecular complexity index is 576.